The first-order chi connectivity index (χ1) is 64.7. The second-order valence-corrected chi connectivity index (χ2v) is 36.9. The molecule has 728 valence electrons. The Morgan fingerprint density at radius 3 is 0.949 bits per heavy atom. The number of carbonyl (C=O) groups excluding carboxylic acids is 15. The second-order valence-electron chi connectivity index (χ2n) is 34.8. The van der Waals surface area contributed by atoms with E-state index in [1.54, 1.807) is 86.0 Å². The summed E-state index contributed by atoms with van der Waals surface area (Å²) in [5.74, 6) is -1.94. The van der Waals surface area contributed by atoms with Gasteiger partial charge in [-0.3, -0.25) is 67.1 Å². The van der Waals surface area contributed by atoms with E-state index in [9.17, 15) is 110 Å². The lowest BCUT2D eigenvalue weighted by Gasteiger charge is -2.28. The fourth-order valence-electron chi connectivity index (χ4n) is 16.0. The zero-order chi connectivity index (χ0) is 101. The number of amides is 3. The maximum Gasteiger partial charge on any atom is 0.526 e. The molecule has 1 unspecified atom stereocenters. The van der Waals surface area contributed by atoms with Crippen molar-refractivity contribution in [3.05, 3.63) is 176 Å². The Kier molecular flexibility index (Phi) is 43.9. The molecular formula is C95H119B6N5O30S. The standard InChI is InChI=1S/C17H22BNO5.C17H23BO5.C16H22BNO6S.C16H18BNO4.C15H19BN2O5.C14H15BO5/c1-11(20)16-7-3-5-13-9-14(18(23)24-17(13)16)10-15(22)6-4-8-19-12(2)21;1-11(22-3)7-8-15(20)10-14-9-13-5-4-6-16(12(2)19)17(13)23-18(14)21;1-11(19)15-6-4-5-12-9-13(17(21)24-16(12)15)10-14(20)7-8-18(2)25(3,22)23;1-11(19)15-7-4-5-12-9-13(17(21)22-16(12)15)10-14(20)6-2-3-8-18;1-9(19)13-5-3-4-10-6-11(16(22)23-14(10)13)7-12(20)8-18-15(21)17-2;1-8(16)12-5-3-4-10-6-11(7-13(18)9(2)17)15(19)20-14(10)12/h3,5,7,14,23H,4,6,8-10H2,1-2H3,(H,19,21);4-6,11,14,21H,7-10H2,1-3H3;4-6,13,21H,7-10H2,1-3H3;4-5,7,13,21H,2-3,6,9-10H2,1H3;3-5,11,22H,6-8H2,1-2H3,(H2,17,18,21);3-5,11,19H,6-7H2,1-2H3/t14-;11?,14-;2*13-;2*11-/m111111/s1. The third-order valence-corrected chi connectivity index (χ3v) is 25.1. The number of unbranched alkanes of at least 4 members (excludes halogenated alkanes) is 1. The van der Waals surface area contributed by atoms with Gasteiger partial charge in [0.1, 0.15) is 57.6 Å². The van der Waals surface area contributed by atoms with Crippen LogP contribution in [0.4, 0.5) is 4.79 Å². The molecule has 137 heavy (non-hydrogen) atoms. The van der Waals surface area contributed by atoms with Crippen LogP contribution in [0.2, 0.25) is 34.9 Å². The van der Waals surface area contributed by atoms with Crippen molar-refractivity contribution in [2.75, 3.05) is 47.1 Å². The summed E-state index contributed by atoms with van der Waals surface area (Å²) in [6, 6.07) is 33.1. The van der Waals surface area contributed by atoms with Gasteiger partial charge < -0.3 is 78.8 Å². The van der Waals surface area contributed by atoms with Crippen LogP contribution in [0.3, 0.4) is 0 Å². The summed E-state index contributed by atoms with van der Waals surface area (Å²) in [6.07, 6.45) is 8.07. The number of hydrogen-bond acceptors (Lipinski definition) is 31. The lowest BCUT2D eigenvalue weighted by atomic mass is 9.64. The molecule has 0 fully saturated rings. The molecule has 0 bridgehead atoms. The summed E-state index contributed by atoms with van der Waals surface area (Å²) in [4.78, 5) is 174. The fraction of sp³-hybridized carbons (Fsp3) is 0.453. The number of hydrogen-bond donors (Lipinski definition) is 9. The number of fused-ring (bicyclic) bond motifs is 6. The highest BCUT2D eigenvalue weighted by Crippen LogP contribution is 2.43. The predicted octanol–water partition coefficient (Wildman–Crippen LogP) is 9.03. The van der Waals surface area contributed by atoms with Gasteiger partial charge in [0.25, 0.3) is 0 Å². The quantitative estimate of drug-likeness (QED) is 0.00766. The van der Waals surface area contributed by atoms with Crippen LogP contribution in [-0.2, 0) is 91.6 Å². The molecular weight excluding hydrogens is 1790 g/mol. The smallest absolute Gasteiger partial charge is 0.526 e. The highest BCUT2D eigenvalue weighted by Gasteiger charge is 2.44. The number of nitriles is 1. The predicted molar refractivity (Wildman–Crippen MR) is 511 cm³/mol. The van der Waals surface area contributed by atoms with Crippen molar-refractivity contribution < 1.29 is 143 Å². The first-order valence-electron chi connectivity index (χ1n) is 45.2. The number of carbonyl (C=O) groups is 15. The first kappa shape index (κ1) is 112. The molecule has 0 aromatic heterocycles. The summed E-state index contributed by atoms with van der Waals surface area (Å²) < 4.78 is 61.8. The molecule has 0 spiro atoms. The Morgan fingerprint density at radius 1 is 0.423 bits per heavy atom. The Hall–Kier alpha value is -11.9. The summed E-state index contributed by atoms with van der Waals surface area (Å²) in [5.41, 5.74) is 7.51. The zero-order valence-electron chi connectivity index (χ0n) is 79.4. The van der Waals surface area contributed by atoms with Crippen molar-refractivity contribution in [2.45, 2.75) is 232 Å². The van der Waals surface area contributed by atoms with E-state index in [4.69, 9.17) is 37.9 Å². The van der Waals surface area contributed by atoms with Crippen molar-refractivity contribution in [3.63, 3.8) is 0 Å². The van der Waals surface area contributed by atoms with Crippen LogP contribution in [0.5, 0.6) is 34.5 Å². The van der Waals surface area contributed by atoms with E-state index < -0.39 is 87.8 Å². The molecule has 6 aliphatic heterocycles. The van der Waals surface area contributed by atoms with Crippen molar-refractivity contribution in [3.8, 4) is 40.6 Å². The van der Waals surface area contributed by atoms with Gasteiger partial charge in [0.05, 0.1) is 58.4 Å². The van der Waals surface area contributed by atoms with Gasteiger partial charge in [0.15, 0.2) is 52.0 Å². The van der Waals surface area contributed by atoms with Crippen molar-refractivity contribution >= 4 is 140 Å². The maximum atomic E-state index is 12.1. The number of Topliss-reactive ketones (excluding diaryl/α,β-unsaturated/α-hetero) is 13. The largest absolute Gasteiger partial charge is 0.535 e. The van der Waals surface area contributed by atoms with Crippen molar-refractivity contribution in [1.82, 2.24) is 20.3 Å². The average molecular weight is 1910 g/mol. The highest BCUT2D eigenvalue weighted by atomic mass is 32.2. The molecule has 7 atom stereocenters. The van der Waals surface area contributed by atoms with Crippen molar-refractivity contribution in [1.29, 1.82) is 5.26 Å². The van der Waals surface area contributed by atoms with Gasteiger partial charge >= 0.3 is 48.7 Å². The summed E-state index contributed by atoms with van der Waals surface area (Å²) >= 11 is 0. The minimum Gasteiger partial charge on any atom is -0.535 e. The Labute approximate surface area is 799 Å². The molecule has 12 rings (SSSR count). The van der Waals surface area contributed by atoms with Crippen LogP contribution in [0.25, 0.3) is 0 Å². The van der Waals surface area contributed by atoms with Gasteiger partial charge in [0.2, 0.25) is 15.9 Å². The fourth-order valence-corrected chi connectivity index (χ4v) is 16.5. The molecule has 6 aliphatic rings. The lowest BCUT2D eigenvalue weighted by Crippen LogP contribution is -2.39. The Bertz CT molecular complexity index is 5580. The van der Waals surface area contributed by atoms with Gasteiger partial charge in [-0.05, 0) is 176 Å². The molecule has 6 aromatic rings. The summed E-state index contributed by atoms with van der Waals surface area (Å²) in [5, 5.41) is 76.6. The molecule has 35 nitrogen and oxygen atoms in total. The Morgan fingerprint density at radius 2 is 0.693 bits per heavy atom. The van der Waals surface area contributed by atoms with Gasteiger partial charge in [-0.2, -0.15) is 5.26 Å². The van der Waals surface area contributed by atoms with Crippen LogP contribution in [0.15, 0.2) is 109 Å². The van der Waals surface area contributed by atoms with Crippen LogP contribution < -0.4 is 43.9 Å². The van der Waals surface area contributed by atoms with Crippen LogP contribution in [0, 0.1) is 11.3 Å². The normalized spacial score (nSPS) is 16.8. The number of rotatable bonds is 36. The first-order valence-corrected chi connectivity index (χ1v) is 47.1. The minimum absolute atomic E-state index is 0.0223. The van der Waals surface area contributed by atoms with E-state index in [1.807, 2.05) is 43.3 Å². The number of sulfonamides is 1. The van der Waals surface area contributed by atoms with Gasteiger partial charge in [-0.15, -0.1) is 0 Å². The molecule has 6 aromatic carbocycles. The SMILES string of the molecule is CC(=O)C(=O)C[C@H]1Cc2cccc(C(C)=O)c2OB1O.CC(=O)NCCCC(=O)C[C@H]1Cc2cccc(C(C)=O)c2OB1O.CC(=O)c1cccc2c1OB(O)[C@@H](CC(=O)CCCC#N)C2.CC(=O)c1cccc2c1OB(O)[C@@H](CC(=O)CCN(C)S(C)(=O)=O)C2.CNC(=O)NCC(=O)C[C@H]1Cc2cccc(C(C)=O)c2OB1O.COC(C)CCC(=O)C[C@H]1Cc2cccc(C(C)=O)c2OB1O. The van der Waals surface area contributed by atoms with Crippen LogP contribution in [0.1, 0.15) is 248 Å². The van der Waals surface area contributed by atoms with E-state index in [0.717, 1.165) is 43.9 Å². The molecule has 0 aliphatic carbocycles. The molecule has 42 heteroatoms. The number of ketones is 13. The monoisotopic (exact) mass is 1910 g/mol. The third kappa shape index (κ3) is 34.0. The van der Waals surface area contributed by atoms with Crippen molar-refractivity contribution in [2.24, 2.45) is 0 Å². The van der Waals surface area contributed by atoms with Gasteiger partial charge in [-0.1, -0.05) is 72.8 Å². The summed E-state index contributed by atoms with van der Waals surface area (Å²) in [6.45, 7) is 13.7. The molecule has 0 saturated heterocycles. The molecule has 3 amide bonds. The lowest BCUT2D eigenvalue weighted by molar-refractivity contribution is -0.135. The number of nitrogens with one attached hydrogen (secondary N) is 3. The highest BCUT2D eigenvalue weighted by molar-refractivity contribution is 7.88. The van der Waals surface area contributed by atoms with E-state index in [1.165, 1.54) is 69.5 Å². The number of benzene rings is 6. The van der Waals surface area contributed by atoms with Crippen LogP contribution >= 0.6 is 0 Å². The van der Waals surface area contributed by atoms with E-state index >= 15 is 0 Å². The Balaban J connectivity index is 0.000000224. The topological polar surface area (TPSA) is 539 Å². The number of ether oxygens (including phenoxy) is 1. The van der Waals surface area contributed by atoms with E-state index in [0.29, 0.717) is 158 Å². The van der Waals surface area contributed by atoms with Gasteiger partial charge in [-0.25, -0.2) is 17.5 Å². The number of urea groups is 1. The molecule has 0 saturated carbocycles. The summed E-state index contributed by atoms with van der Waals surface area (Å²) in [7, 11) is -5.60. The average Bonchev–Trinajstić information content (AvgIpc) is 0.831. The number of methoxy groups -OCH3 is 1. The van der Waals surface area contributed by atoms with E-state index in [-0.39, 0.29) is 151 Å². The molecule has 0 radical (unpaired) electrons. The minimum atomic E-state index is -3.32. The maximum absolute atomic E-state index is 12.1. The number of nitrogens with zero attached hydrogens (tertiary/aromatic N) is 2. The van der Waals surface area contributed by atoms with Gasteiger partial charge in [0, 0.05) is 154 Å². The molecule has 9 N–H and O–H groups in total. The third-order valence-electron chi connectivity index (χ3n) is 23.8. The molecule has 6 heterocycles. The second kappa shape index (κ2) is 53.7. The zero-order valence-corrected chi connectivity index (χ0v) is 80.3. The van der Waals surface area contributed by atoms with E-state index in [2.05, 4.69) is 16.0 Å². The van der Waals surface area contributed by atoms with Crippen LogP contribution in [-0.4, -0.2) is 226 Å². The number of para-hydroxylation sites is 6.